The van der Waals surface area contributed by atoms with Crippen LogP contribution in [0, 0.1) is 52.3 Å². The van der Waals surface area contributed by atoms with E-state index in [1.807, 2.05) is 5.57 Å². The normalized spacial score (nSPS) is 43.1. The van der Waals surface area contributed by atoms with Crippen LogP contribution < -0.4 is 0 Å². The van der Waals surface area contributed by atoms with Gasteiger partial charge in [0.25, 0.3) is 0 Å². The molecular weight excluding hydrogens is 416 g/mol. The Morgan fingerprint density at radius 1 is 0.909 bits per heavy atom. The fraction of sp³-hybridized carbons (Fsp3) is 0.871. The van der Waals surface area contributed by atoms with Crippen LogP contribution in [0.4, 0.5) is 0 Å². The maximum Gasteiger partial charge on any atom is 0.184 e. The third-order valence-corrected chi connectivity index (χ3v) is 12.1. The molecule has 3 fully saturated rings. The van der Waals surface area contributed by atoms with E-state index in [1.165, 1.54) is 51.4 Å². The molecule has 0 aliphatic heterocycles. The summed E-state index contributed by atoms with van der Waals surface area (Å²) in [5.41, 5.74) is 2.93. The van der Waals surface area contributed by atoms with Gasteiger partial charge in [0.15, 0.2) is 8.32 Å². The van der Waals surface area contributed by atoms with E-state index in [9.17, 15) is 0 Å². The Bertz CT molecular complexity index is 759. The van der Waals surface area contributed by atoms with Crippen LogP contribution in [0.5, 0.6) is 0 Å². The summed E-state index contributed by atoms with van der Waals surface area (Å²) < 4.78 is 6.60. The quantitative estimate of drug-likeness (QED) is 0.277. The maximum atomic E-state index is 6.60. The zero-order valence-electron chi connectivity index (χ0n) is 23.4. The summed E-state index contributed by atoms with van der Waals surface area (Å²) in [5, 5.41) is 0. The first-order valence-corrected chi connectivity index (χ1v) is 17.8. The average Bonchev–Trinajstić information content (AvgIpc) is 3.08. The summed E-state index contributed by atoms with van der Waals surface area (Å²) in [7, 11) is -1.45. The van der Waals surface area contributed by atoms with Crippen LogP contribution in [0.3, 0.4) is 0 Å². The molecule has 33 heavy (non-hydrogen) atoms. The Labute approximate surface area is 207 Å². The molecule has 9 unspecified atom stereocenters. The van der Waals surface area contributed by atoms with Crippen molar-refractivity contribution in [1.29, 1.82) is 0 Å². The molecule has 0 heterocycles. The molecule has 4 rings (SSSR count). The predicted molar refractivity (Wildman–Crippen MR) is 146 cm³/mol. The van der Waals surface area contributed by atoms with E-state index in [0.717, 1.165) is 29.6 Å². The number of hydrogen-bond acceptors (Lipinski definition) is 1. The molecule has 0 aromatic rings. The van der Waals surface area contributed by atoms with Crippen LogP contribution in [0.1, 0.15) is 92.9 Å². The molecule has 0 saturated heterocycles. The number of allylic oxidation sites excluding steroid dienone is 4. The molecule has 0 amide bonds. The largest absolute Gasteiger partial charge is 0.415 e. The summed E-state index contributed by atoms with van der Waals surface area (Å²) in [6.07, 6.45) is 19.4. The van der Waals surface area contributed by atoms with E-state index in [2.05, 4.69) is 79.4 Å². The summed E-state index contributed by atoms with van der Waals surface area (Å²) in [6.45, 7) is 22.0. The zero-order valence-corrected chi connectivity index (χ0v) is 24.4. The highest BCUT2D eigenvalue weighted by Gasteiger charge is 2.58. The van der Waals surface area contributed by atoms with Gasteiger partial charge < -0.3 is 4.43 Å². The van der Waals surface area contributed by atoms with E-state index in [4.69, 9.17) is 4.43 Å². The van der Waals surface area contributed by atoms with Gasteiger partial charge in [0, 0.05) is 6.10 Å². The zero-order chi connectivity index (χ0) is 24.2. The van der Waals surface area contributed by atoms with Crippen molar-refractivity contribution in [3.05, 3.63) is 23.8 Å². The summed E-state index contributed by atoms with van der Waals surface area (Å²) in [5.74, 6) is 5.50. The lowest BCUT2D eigenvalue weighted by Gasteiger charge is -2.58. The van der Waals surface area contributed by atoms with E-state index in [1.54, 1.807) is 0 Å². The highest BCUT2D eigenvalue weighted by molar-refractivity contribution is 6.69. The second-order valence-corrected chi connectivity index (χ2v) is 18.9. The molecule has 0 spiro atoms. The van der Waals surface area contributed by atoms with Gasteiger partial charge >= 0.3 is 0 Å². The topological polar surface area (TPSA) is 9.23 Å². The monoisotopic (exact) mass is 470 g/mol. The first-order valence-electron chi connectivity index (χ1n) is 14.4. The van der Waals surface area contributed by atoms with Crippen LogP contribution >= 0.6 is 0 Å². The second kappa shape index (κ2) is 9.27. The second-order valence-electron chi connectivity index (χ2n) is 14.4. The van der Waals surface area contributed by atoms with Gasteiger partial charge in [0.05, 0.1) is 0 Å². The standard InChI is InChI=1S/C31H54OSi/c1-21(2)22(3)10-11-23(4)27-14-15-28-26-13-12-24-20-25(32-33(7,8)9)16-18-30(24,5)29(26)17-19-31(27,28)6/h10-11,13,21-25,27-29H,12,14-20H2,1-9H3/b11-10+. The van der Waals surface area contributed by atoms with Crippen LogP contribution in [-0.4, -0.2) is 14.4 Å². The van der Waals surface area contributed by atoms with Gasteiger partial charge in [-0.15, -0.1) is 0 Å². The number of rotatable bonds is 6. The number of hydrogen-bond donors (Lipinski definition) is 0. The molecule has 0 radical (unpaired) electrons. The van der Waals surface area contributed by atoms with E-state index in [-0.39, 0.29) is 0 Å². The molecule has 2 heteroatoms. The minimum atomic E-state index is -1.45. The van der Waals surface area contributed by atoms with E-state index >= 15 is 0 Å². The fourth-order valence-corrected chi connectivity index (χ4v) is 9.91. The molecule has 0 aromatic heterocycles. The SMILES string of the molecule is CC(C)C(C)/C=C/C(C)C1CCC2C3=CCC4CC(O[Si](C)(C)C)CCC4(C)C3CCC21C. The molecule has 0 N–H and O–H groups in total. The number of fused-ring (bicyclic) bond motifs is 5. The fourth-order valence-electron chi connectivity index (χ4n) is 8.69. The van der Waals surface area contributed by atoms with Crippen molar-refractivity contribution in [3.63, 3.8) is 0 Å². The van der Waals surface area contributed by atoms with E-state index < -0.39 is 8.32 Å². The van der Waals surface area contributed by atoms with Gasteiger partial charge in [0.1, 0.15) is 0 Å². The molecule has 4 aliphatic rings. The molecule has 1 nitrogen and oxygen atoms in total. The third kappa shape index (κ3) is 4.86. The van der Waals surface area contributed by atoms with Crippen LogP contribution in [0.25, 0.3) is 0 Å². The van der Waals surface area contributed by atoms with Gasteiger partial charge in [-0.1, -0.05) is 65.3 Å². The van der Waals surface area contributed by atoms with Gasteiger partial charge in [-0.25, -0.2) is 0 Å². The van der Waals surface area contributed by atoms with Crippen molar-refractivity contribution < 1.29 is 4.43 Å². The van der Waals surface area contributed by atoms with Crippen LogP contribution in [0.15, 0.2) is 23.8 Å². The van der Waals surface area contributed by atoms with Crippen molar-refractivity contribution in [2.45, 2.75) is 119 Å². The molecule has 3 saturated carbocycles. The minimum Gasteiger partial charge on any atom is -0.415 e. The van der Waals surface area contributed by atoms with Gasteiger partial charge in [-0.05, 0) is 123 Å². The Morgan fingerprint density at radius 3 is 2.24 bits per heavy atom. The van der Waals surface area contributed by atoms with Crippen molar-refractivity contribution in [3.8, 4) is 0 Å². The molecule has 0 aromatic carbocycles. The van der Waals surface area contributed by atoms with Crippen molar-refractivity contribution in [2.24, 2.45) is 52.3 Å². The highest BCUT2D eigenvalue weighted by atomic mass is 28.4. The Kier molecular flexibility index (Phi) is 7.23. The van der Waals surface area contributed by atoms with Crippen LogP contribution in [0.2, 0.25) is 19.6 Å². The molecular formula is C31H54OSi. The molecule has 0 bridgehead atoms. The smallest absolute Gasteiger partial charge is 0.184 e. The third-order valence-electron chi connectivity index (χ3n) is 11.0. The predicted octanol–water partition coefficient (Wildman–Crippen LogP) is 9.27. The summed E-state index contributed by atoms with van der Waals surface area (Å²) in [6, 6.07) is 0. The molecule has 9 atom stereocenters. The first kappa shape index (κ1) is 25.7. The van der Waals surface area contributed by atoms with Crippen LogP contribution in [-0.2, 0) is 4.43 Å². The van der Waals surface area contributed by atoms with Crippen molar-refractivity contribution >= 4 is 8.32 Å². The molecule has 4 aliphatic carbocycles. The Morgan fingerprint density at radius 2 is 1.58 bits per heavy atom. The summed E-state index contributed by atoms with van der Waals surface area (Å²) >= 11 is 0. The Balaban J connectivity index is 1.50. The first-order chi connectivity index (χ1) is 15.3. The van der Waals surface area contributed by atoms with Gasteiger partial charge in [-0.3, -0.25) is 0 Å². The van der Waals surface area contributed by atoms with Crippen molar-refractivity contribution in [1.82, 2.24) is 0 Å². The molecule has 188 valence electrons. The van der Waals surface area contributed by atoms with E-state index in [0.29, 0.717) is 28.8 Å². The summed E-state index contributed by atoms with van der Waals surface area (Å²) in [4.78, 5) is 0. The van der Waals surface area contributed by atoms with Gasteiger partial charge in [-0.2, -0.15) is 0 Å². The lowest BCUT2D eigenvalue weighted by atomic mass is 9.47. The highest BCUT2D eigenvalue weighted by Crippen LogP contribution is 2.67. The lowest BCUT2D eigenvalue weighted by Crippen LogP contribution is -2.50. The lowest BCUT2D eigenvalue weighted by molar-refractivity contribution is -0.0369. The minimum absolute atomic E-state index is 0.508. The van der Waals surface area contributed by atoms with Gasteiger partial charge in [0.2, 0.25) is 0 Å². The average molecular weight is 471 g/mol. The Hall–Kier alpha value is -0.343. The maximum absolute atomic E-state index is 6.60. The van der Waals surface area contributed by atoms with Crippen molar-refractivity contribution in [2.75, 3.05) is 0 Å².